The van der Waals surface area contributed by atoms with Crippen LogP contribution in [0.25, 0.3) is 55.8 Å². The largest absolute Gasteiger partial charge is 0.327 e. The van der Waals surface area contributed by atoms with E-state index in [-0.39, 0.29) is 5.41 Å². The van der Waals surface area contributed by atoms with Crippen LogP contribution in [-0.4, -0.2) is 9.55 Å². The monoisotopic (exact) mass is 476 g/mol. The van der Waals surface area contributed by atoms with Crippen molar-refractivity contribution in [2.24, 2.45) is 7.05 Å². The van der Waals surface area contributed by atoms with Crippen molar-refractivity contribution >= 4 is 11.0 Å². The number of rotatable bonds is 3. The van der Waals surface area contributed by atoms with E-state index in [1.54, 1.807) is 0 Å². The molecular formula is C35H28N2. The molecule has 5 aromatic carbocycles. The van der Waals surface area contributed by atoms with Crippen LogP contribution in [0.2, 0.25) is 0 Å². The Morgan fingerprint density at radius 3 is 1.68 bits per heavy atom. The first-order chi connectivity index (χ1) is 18.0. The van der Waals surface area contributed by atoms with Gasteiger partial charge in [-0.2, -0.15) is 0 Å². The maximum Gasteiger partial charge on any atom is 0.140 e. The van der Waals surface area contributed by atoms with Gasteiger partial charge in [-0.25, -0.2) is 4.98 Å². The number of benzene rings is 5. The fraction of sp³-hybridized carbons (Fsp3) is 0.114. The van der Waals surface area contributed by atoms with Gasteiger partial charge >= 0.3 is 0 Å². The van der Waals surface area contributed by atoms with Gasteiger partial charge in [0.25, 0.3) is 0 Å². The smallest absolute Gasteiger partial charge is 0.140 e. The van der Waals surface area contributed by atoms with Crippen LogP contribution in [0.4, 0.5) is 0 Å². The lowest BCUT2D eigenvalue weighted by atomic mass is 9.81. The summed E-state index contributed by atoms with van der Waals surface area (Å²) < 4.78 is 2.18. The summed E-state index contributed by atoms with van der Waals surface area (Å²) in [6, 6.07) is 41.6. The van der Waals surface area contributed by atoms with Crippen LogP contribution in [-0.2, 0) is 12.5 Å². The van der Waals surface area contributed by atoms with Gasteiger partial charge in [-0.3, -0.25) is 0 Å². The minimum Gasteiger partial charge on any atom is -0.327 e. The highest BCUT2D eigenvalue weighted by Crippen LogP contribution is 2.50. The molecule has 1 aromatic heterocycles. The number of hydrogen-bond donors (Lipinski definition) is 0. The predicted octanol–water partition coefficient (Wildman–Crippen LogP) is 8.88. The number of nitrogens with zero attached hydrogens (tertiary/aromatic N) is 2. The van der Waals surface area contributed by atoms with Gasteiger partial charge in [0.1, 0.15) is 5.82 Å². The van der Waals surface area contributed by atoms with Crippen molar-refractivity contribution in [3.05, 3.63) is 126 Å². The van der Waals surface area contributed by atoms with Gasteiger partial charge in [0.05, 0.1) is 11.0 Å². The molecule has 0 atom stereocenters. The van der Waals surface area contributed by atoms with Gasteiger partial charge in [0, 0.05) is 18.0 Å². The molecule has 0 N–H and O–H groups in total. The lowest BCUT2D eigenvalue weighted by molar-refractivity contribution is 0.661. The Bertz CT molecular complexity index is 1790. The van der Waals surface area contributed by atoms with Crippen LogP contribution in [0.15, 0.2) is 115 Å². The van der Waals surface area contributed by atoms with Crippen LogP contribution in [0.3, 0.4) is 0 Å². The summed E-state index contributed by atoms with van der Waals surface area (Å²) >= 11 is 0. The highest BCUT2D eigenvalue weighted by molar-refractivity contribution is 5.88. The Kier molecular flexibility index (Phi) is 4.74. The quantitative estimate of drug-likeness (QED) is 0.249. The molecule has 0 fully saturated rings. The van der Waals surface area contributed by atoms with Crippen LogP contribution in [0.1, 0.15) is 25.0 Å². The van der Waals surface area contributed by atoms with Crippen molar-refractivity contribution in [2.75, 3.05) is 0 Å². The lowest BCUT2D eigenvalue weighted by Gasteiger charge is -2.22. The average molecular weight is 477 g/mol. The third-order valence-electron chi connectivity index (χ3n) is 8.03. The van der Waals surface area contributed by atoms with E-state index in [4.69, 9.17) is 4.98 Å². The maximum absolute atomic E-state index is 5.00. The molecule has 178 valence electrons. The summed E-state index contributed by atoms with van der Waals surface area (Å²) in [6.07, 6.45) is 0. The van der Waals surface area contributed by atoms with Crippen LogP contribution < -0.4 is 0 Å². The molecule has 2 heteroatoms. The van der Waals surface area contributed by atoms with E-state index in [2.05, 4.69) is 135 Å². The molecule has 1 aliphatic carbocycles. The number of aryl methyl sites for hydroxylation is 1. The number of fused-ring (bicyclic) bond motifs is 4. The maximum atomic E-state index is 5.00. The molecule has 0 aliphatic heterocycles. The second kappa shape index (κ2) is 8.04. The minimum atomic E-state index is -0.0684. The zero-order valence-electron chi connectivity index (χ0n) is 21.4. The zero-order valence-corrected chi connectivity index (χ0v) is 21.4. The van der Waals surface area contributed by atoms with Gasteiger partial charge in [0.15, 0.2) is 0 Å². The van der Waals surface area contributed by atoms with Crippen molar-refractivity contribution in [3.63, 3.8) is 0 Å². The summed E-state index contributed by atoms with van der Waals surface area (Å²) in [5.74, 6) is 0.993. The molecule has 0 unspecified atom stereocenters. The molecule has 1 heterocycles. The minimum absolute atomic E-state index is 0.0684. The first-order valence-electron chi connectivity index (χ1n) is 12.9. The highest BCUT2D eigenvalue weighted by atomic mass is 15.1. The van der Waals surface area contributed by atoms with Crippen LogP contribution >= 0.6 is 0 Å². The molecule has 0 amide bonds. The van der Waals surface area contributed by atoms with Crippen molar-refractivity contribution in [2.45, 2.75) is 19.3 Å². The highest BCUT2D eigenvalue weighted by Gasteiger charge is 2.35. The zero-order chi connectivity index (χ0) is 25.1. The number of hydrogen-bond acceptors (Lipinski definition) is 1. The van der Waals surface area contributed by atoms with E-state index < -0.39 is 0 Å². The molecule has 0 spiro atoms. The van der Waals surface area contributed by atoms with Gasteiger partial charge in [-0.1, -0.05) is 105 Å². The Morgan fingerprint density at radius 1 is 0.541 bits per heavy atom. The molecule has 0 bridgehead atoms. The topological polar surface area (TPSA) is 17.8 Å². The van der Waals surface area contributed by atoms with Gasteiger partial charge in [0.2, 0.25) is 0 Å². The standard InChI is InChI=1S/C35H28N2/c1-35(2)30-20-25(23-10-6-4-7-11-23)14-17-28(30)29-18-15-26(21-31(29)35)27-16-19-33-32(22-27)36-34(37(33)3)24-12-8-5-9-13-24/h4-22H,1-3H3. The molecule has 2 nitrogen and oxygen atoms in total. The normalized spacial score (nSPS) is 13.5. The van der Waals surface area contributed by atoms with E-state index in [0.717, 1.165) is 22.4 Å². The number of imidazole rings is 1. The Hall–Kier alpha value is -4.43. The van der Waals surface area contributed by atoms with Crippen molar-refractivity contribution in [3.8, 4) is 44.8 Å². The second-order valence-corrected chi connectivity index (χ2v) is 10.6. The molecule has 0 saturated heterocycles. The first-order valence-corrected chi connectivity index (χ1v) is 12.9. The molecular weight excluding hydrogens is 448 g/mol. The third-order valence-corrected chi connectivity index (χ3v) is 8.03. The summed E-state index contributed by atoms with van der Waals surface area (Å²) in [6.45, 7) is 4.70. The van der Waals surface area contributed by atoms with E-state index in [1.807, 2.05) is 6.07 Å². The van der Waals surface area contributed by atoms with Crippen molar-refractivity contribution in [1.82, 2.24) is 9.55 Å². The average Bonchev–Trinajstić information content (AvgIpc) is 3.39. The summed E-state index contributed by atoms with van der Waals surface area (Å²) in [4.78, 5) is 5.00. The first kappa shape index (κ1) is 21.8. The van der Waals surface area contributed by atoms with Gasteiger partial charge < -0.3 is 4.57 Å². The fourth-order valence-electron chi connectivity index (χ4n) is 5.95. The van der Waals surface area contributed by atoms with E-state index >= 15 is 0 Å². The van der Waals surface area contributed by atoms with E-state index in [1.165, 1.54) is 44.5 Å². The summed E-state index contributed by atoms with van der Waals surface area (Å²) in [7, 11) is 2.09. The number of aromatic nitrogens is 2. The molecule has 7 rings (SSSR count). The third kappa shape index (κ3) is 3.37. The van der Waals surface area contributed by atoms with Crippen LogP contribution in [0, 0.1) is 0 Å². The van der Waals surface area contributed by atoms with Crippen molar-refractivity contribution in [1.29, 1.82) is 0 Å². The second-order valence-electron chi connectivity index (χ2n) is 10.6. The molecule has 6 aromatic rings. The predicted molar refractivity (Wildman–Crippen MR) is 155 cm³/mol. The molecule has 0 saturated carbocycles. The Morgan fingerprint density at radius 2 is 1.05 bits per heavy atom. The fourth-order valence-corrected chi connectivity index (χ4v) is 5.95. The van der Waals surface area contributed by atoms with Crippen LogP contribution in [0.5, 0.6) is 0 Å². The summed E-state index contributed by atoms with van der Waals surface area (Å²) in [5.41, 5.74) is 13.7. The van der Waals surface area contributed by atoms with E-state index in [0.29, 0.717) is 0 Å². The molecule has 1 aliphatic rings. The summed E-state index contributed by atoms with van der Waals surface area (Å²) in [5, 5.41) is 0. The van der Waals surface area contributed by atoms with E-state index in [9.17, 15) is 0 Å². The lowest BCUT2D eigenvalue weighted by Crippen LogP contribution is -2.15. The Labute approximate surface area is 217 Å². The Balaban J connectivity index is 1.30. The van der Waals surface area contributed by atoms with Gasteiger partial charge in [-0.15, -0.1) is 0 Å². The van der Waals surface area contributed by atoms with Crippen molar-refractivity contribution < 1.29 is 0 Å². The van der Waals surface area contributed by atoms with Gasteiger partial charge in [-0.05, 0) is 68.8 Å². The molecule has 0 radical (unpaired) electrons. The molecule has 37 heavy (non-hydrogen) atoms. The SMILES string of the molecule is Cn1c(-c2ccccc2)nc2cc(-c3ccc4c(c3)C(C)(C)c3cc(-c5ccccc5)ccc3-4)ccc21.